The highest BCUT2D eigenvalue weighted by molar-refractivity contribution is 5.96. The third-order valence-electron chi connectivity index (χ3n) is 3.74. The summed E-state index contributed by atoms with van der Waals surface area (Å²) in [6.45, 7) is 8.70. The molecule has 1 amide bonds. The van der Waals surface area contributed by atoms with Gasteiger partial charge in [-0.3, -0.25) is 4.79 Å². The van der Waals surface area contributed by atoms with Gasteiger partial charge in [0.15, 0.2) is 0 Å². The van der Waals surface area contributed by atoms with Crippen LogP contribution in [0.1, 0.15) is 48.2 Å². The van der Waals surface area contributed by atoms with E-state index in [0.717, 1.165) is 29.5 Å². The van der Waals surface area contributed by atoms with Gasteiger partial charge in [-0.1, -0.05) is 19.1 Å². The molecule has 3 heteroatoms. The van der Waals surface area contributed by atoms with Crippen LogP contribution in [0.2, 0.25) is 0 Å². The zero-order chi connectivity index (χ0) is 13.8. The van der Waals surface area contributed by atoms with Crippen molar-refractivity contribution < 1.29 is 4.79 Å². The van der Waals surface area contributed by atoms with Crippen LogP contribution in [0, 0.1) is 13.8 Å². The summed E-state index contributed by atoms with van der Waals surface area (Å²) in [6, 6.07) is 5.81. The van der Waals surface area contributed by atoms with Crippen LogP contribution in [-0.4, -0.2) is 18.0 Å². The Bertz CT molecular complexity index is 429. The number of nitrogens with one attached hydrogen (secondary N) is 1. The standard InChI is InChI=1S/C15H24N2O/c1-5-15(4,9-10-16)17-14(18)13-8-6-7-11(2)12(13)3/h6-8H,5,9-10,16H2,1-4H3,(H,17,18). The normalized spacial score (nSPS) is 14.1. The van der Waals surface area contributed by atoms with E-state index in [1.165, 1.54) is 0 Å². The molecule has 0 aliphatic heterocycles. The highest BCUT2D eigenvalue weighted by Crippen LogP contribution is 2.17. The molecule has 0 fully saturated rings. The van der Waals surface area contributed by atoms with E-state index in [9.17, 15) is 4.79 Å². The van der Waals surface area contributed by atoms with Crippen molar-refractivity contribution in [1.82, 2.24) is 5.32 Å². The molecule has 1 rings (SSSR count). The number of nitrogens with two attached hydrogens (primary N) is 1. The fraction of sp³-hybridized carbons (Fsp3) is 0.533. The Labute approximate surface area is 110 Å². The van der Waals surface area contributed by atoms with Crippen LogP contribution in [0.5, 0.6) is 0 Å². The minimum Gasteiger partial charge on any atom is -0.347 e. The number of hydrogen-bond donors (Lipinski definition) is 2. The van der Waals surface area contributed by atoms with Gasteiger partial charge in [-0.05, 0) is 57.4 Å². The zero-order valence-corrected chi connectivity index (χ0v) is 11.8. The molecule has 0 aliphatic carbocycles. The van der Waals surface area contributed by atoms with Crippen molar-refractivity contribution in [2.24, 2.45) is 5.73 Å². The number of carbonyl (C=O) groups excluding carboxylic acids is 1. The van der Waals surface area contributed by atoms with Gasteiger partial charge in [0, 0.05) is 11.1 Å². The third kappa shape index (κ3) is 3.33. The molecule has 100 valence electrons. The van der Waals surface area contributed by atoms with E-state index in [1.807, 2.05) is 39.0 Å². The molecule has 1 unspecified atom stereocenters. The first kappa shape index (κ1) is 14.7. The maximum absolute atomic E-state index is 12.3. The number of amides is 1. The van der Waals surface area contributed by atoms with E-state index in [-0.39, 0.29) is 11.4 Å². The Morgan fingerprint density at radius 3 is 2.61 bits per heavy atom. The lowest BCUT2D eigenvalue weighted by atomic mass is 9.93. The van der Waals surface area contributed by atoms with Crippen LogP contribution in [0.15, 0.2) is 18.2 Å². The van der Waals surface area contributed by atoms with Gasteiger partial charge in [-0.15, -0.1) is 0 Å². The van der Waals surface area contributed by atoms with E-state index in [4.69, 9.17) is 5.73 Å². The summed E-state index contributed by atoms with van der Waals surface area (Å²) in [5.41, 5.74) is 8.32. The summed E-state index contributed by atoms with van der Waals surface area (Å²) < 4.78 is 0. The number of benzene rings is 1. The van der Waals surface area contributed by atoms with E-state index < -0.39 is 0 Å². The van der Waals surface area contributed by atoms with Gasteiger partial charge >= 0.3 is 0 Å². The summed E-state index contributed by atoms with van der Waals surface area (Å²) in [5, 5.41) is 3.11. The second-order valence-corrected chi connectivity index (χ2v) is 5.15. The molecule has 3 nitrogen and oxygen atoms in total. The summed E-state index contributed by atoms with van der Waals surface area (Å²) in [7, 11) is 0. The zero-order valence-electron chi connectivity index (χ0n) is 11.8. The first-order valence-corrected chi connectivity index (χ1v) is 6.52. The number of hydrogen-bond acceptors (Lipinski definition) is 2. The Hall–Kier alpha value is -1.35. The van der Waals surface area contributed by atoms with E-state index >= 15 is 0 Å². The number of rotatable bonds is 5. The Kier molecular flexibility index (Phi) is 4.91. The average Bonchev–Trinajstić information content (AvgIpc) is 2.32. The summed E-state index contributed by atoms with van der Waals surface area (Å²) in [5.74, 6) is -0.00556. The van der Waals surface area contributed by atoms with Crippen LogP contribution in [-0.2, 0) is 0 Å². The fourth-order valence-corrected chi connectivity index (χ4v) is 1.98. The van der Waals surface area contributed by atoms with Crippen LogP contribution >= 0.6 is 0 Å². The molecule has 1 aromatic carbocycles. The molecule has 1 atom stereocenters. The lowest BCUT2D eigenvalue weighted by Crippen LogP contribution is -2.47. The van der Waals surface area contributed by atoms with Gasteiger partial charge in [0.1, 0.15) is 0 Å². The summed E-state index contributed by atoms with van der Waals surface area (Å²) >= 11 is 0. The first-order chi connectivity index (χ1) is 8.43. The molecule has 0 aromatic heterocycles. The molecule has 0 heterocycles. The molecular formula is C15H24N2O. The van der Waals surface area contributed by atoms with Crippen LogP contribution in [0.4, 0.5) is 0 Å². The molecule has 18 heavy (non-hydrogen) atoms. The lowest BCUT2D eigenvalue weighted by molar-refractivity contribution is 0.0899. The lowest BCUT2D eigenvalue weighted by Gasteiger charge is -2.29. The highest BCUT2D eigenvalue weighted by Gasteiger charge is 2.24. The van der Waals surface area contributed by atoms with Crippen molar-refractivity contribution in [3.05, 3.63) is 34.9 Å². The van der Waals surface area contributed by atoms with Crippen LogP contribution in [0.25, 0.3) is 0 Å². The van der Waals surface area contributed by atoms with Gasteiger partial charge in [0.25, 0.3) is 5.91 Å². The molecule has 0 aliphatic rings. The van der Waals surface area contributed by atoms with E-state index in [0.29, 0.717) is 6.54 Å². The summed E-state index contributed by atoms with van der Waals surface area (Å²) in [4.78, 5) is 12.3. The highest BCUT2D eigenvalue weighted by atomic mass is 16.1. The molecule has 0 radical (unpaired) electrons. The largest absolute Gasteiger partial charge is 0.347 e. The first-order valence-electron chi connectivity index (χ1n) is 6.52. The quantitative estimate of drug-likeness (QED) is 0.841. The maximum Gasteiger partial charge on any atom is 0.251 e. The van der Waals surface area contributed by atoms with Crippen LogP contribution in [0.3, 0.4) is 0 Å². The molecule has 0 saturated carbocycles. The molecule has 3 N–H and O–H groups in total. The third-order valence-corrected chi connectivity index (χ3v) is 3.74. The smallest absolute Gasteiger partial charge is 0.251 e. The fourth-order valence-electron chi connectivity index (χ4n) is 1.98. The SMILES string of the molecule is CCC(C)(CCN)NC(=O)c1cccc(C)c1C. The van der Waals surface area contributed by atoms with E-state index in [1.54, 1.807) is 0 Å². The predicted octanol–water partition coefficient (Wildman–Crippen LogP) is 2.55. The molecule has 0 saturated heterocycles. The Morgan fingerprint density at radius 1 is 1.39 bits per heavy atom. The summed E-state index contributed by atoms with van der Waals surface area (Å²) in [6.07, 6.45) is 1.67. The van der Waals surface area contributed by atoms with Gasteiger partial charge in [0.2, 0.25) is 0 Å². The molecule has 0 bridgehead atoms. The second-order valence-electron chi connectivity index (χ2n) is 5.15. The van der Waals surface area contributed by atoms with Crippen LogP contribution < -0.4 is 11.1 Å². The topological polar surface area (TPSA) is 55.1 Å². The van der Waals surface area contributed by atoms with Crippen molar-refractivity contribution in [3.8, 4) is 0 Å². The van der Waals surface area contributed by atoms with Gasteiger partial charge in [0.05, 0.1) is 0 Å². The van der Waals surface area contributed by atoms with Gasteiger partial charge in [-0.2, -0.15) is 0 Å². The average molecular weight is 248 g/mol. The Balaban J connectivity index is 2.91. The number of aryl methyl sites for hydroxylation is 1. The number of carbonyl (C=O) groups is 1. The van der Waals surface area contributed by atoms with Crippen molar-refractivity contribution >= 4 is 5.91 Å². The van der Waals surface area contributed by atoms with E-state index in [2.05, 4.69) is 12.2 Å². The van der Waals surface area contributed by atoms with Crippen molar-refractivity contribution in [2.45, 2.75) is 46.1 Å². The second kappa shape index (κ2) is 6.01. The monoisotopic (exact) mass is 248 g/mol. The molecular weight excluding hydrogens is 224 g/mol. The minimum absolute atomic E-state index is 0.00556. The van der Waals surface area contributed by atoms with Crippen molar-refractivity contribution in [1.29, 1.82) is 0 Å². The Morgan fingerprint density at radius 2 is 2.06 bits per heavy atom. The minimum atomic E-state index is -0.220. The molecule has 0 spiro atoms. The predicted molar refractivity (Wildman–Crippen MR) is 75.7 cm³/mol. The maximum atomic E-state index is 12.3. The van der Waals surface area contributed by atoms with Crippen molar-refractivity contribution in [3.63, 3.8) is 0 Å². The van der Waals surface area contributed by atoms with Crippen molar-refractivity contribution in [2.75, 3.05) is 6.54 Å². The van der Waals surface area contributed by atoms with Gasteiger partial charge < -0.3 is 11.1 Å². The van der Waals surface area contributed by atoms with Gasteiger partial charge in [-0.25, -0.2) is 0 Å². The molecule has 1 aromatic rings.